The number of carboxylic acid groups (broad SMARTS) is 1. The number of sulfonamides is 1. The Morgan fingerprint density at radius 3 is 2.37 bits per heavy atom. The molecule has 1 N–H and O–H groups in total. The normalized spacial score (nSPS) is 17.8. The lowest BCUT2D eigenvalue weighted by Crippen LogP contribution is -2.59. The van der Waals surface area contributed by atoms with Crippen LogP contribution in [-0.4, -0.2) is 60.3 Å². The summed E-state index contributed by atoms with van der Waals surface area (Å²) in [4.78, 5) is 26.0. The smallest absolute Gasteiger partial charge is 0.305 e. The summed E-state index contributed by atoms with van der Waals surface area (Å²) in [5, 5.41) is 9.29. The third-order valence-electron chi connectivity index (χ3n) is 5.27. The van der Waals surface area contributed by atoms with E-state index in [-0.39, 0.29) is 18.0 Å². The molecule has 30 heavy (non-hydrogen) atoms. The topological polar surface area (TPSA) is 95.0 Å². The average molecular weight is 431 g/mol. The quantitative estimate of drug-likeness (QED) is 0.693. The third-order valence-corrected chi connectivity index (χ3v) is 7.19. The molecule has 0 aliphatic carbocycles. The SMILES string of the molecule is Cc1ccc(S(=O)(=O)N2CCN(CCCc3ccccc3)C(=O)C2CC(=O)O)cc1. The minimum Gasteiger partial charge on any atom is -0.481 e. The van der Waals surface area contributed by atoms with Crippen LogP contribution in [0.25, 0.3) is 0 Å². The lowest BCUT2D eigenvalue weighted by molar-refractivity contribution is -0.146. The molecule has 0 aromatic heterocycles. The van der Waals surface area contributed by atoms with E-state index in [4.69, 9.17) is 0 Å². The fourth-order valence-electron chi connectivity index (χ4n) is 3.65. The van der Waals surface area contributed by atoms with Crippen molar-refractivity contribution in [2.75, 3.05) is 19.6 Å². The van der Waals surface area contributed by atoms with Gasteiger partial charge in [0.2, 0.25) is 15.9 Å². The maximum atomic E-state index is 13.1. The summed E-state index contributed by atoms with van der Waals surface area (Å²) in [7, 11) is -3.97. The lowest BCUT2D eigenvalue weighted by Gasteiger charge is -2.39. The number of benzene rings is 2. The Bertz CT molecular complexity index is 990. The molecule has 1 unspecified atom stereocenters. The summed E-state index contributed by atoms with van der Waals surface area (Å²) in [6, 6.07) is 15.0. The van der Waals surface area contributed by atoms with Crippen molar-refractivity contribution < 1.29 is 23.1 Å². The van der Waals surface area contributed by atoms with Gasteiger partial charge in [0, 0.05) is 19.6 Å². The first-order valence-corrected chi connectivity index (χ1v) is 11.4. The van der Waals surface area contributed by atoms with Crippen molar-refractivity contribution in [3.63, 3.8) is 0 Å². The van der Waals surface area contributed by atoms with Gasteiger partial charge < -0.3 is 10.0 Å². The van der Waals surface area contributed by atoms with Gasteiger partial charge >= 0.3 is 5.97 Å². The number of carboxylic acids is 1. The fourth-order valence-corrected chi connectivity index (χ4v) is 5.22. The Hall–Kier alpha value is -2.71. The van der Waals surface area contributed by atoms with Gasteiger partial charge in [-0.2, -0.15) is 4.31 Å². The molecule has 8 heteroatoms. The molecule has 2 aromatic carbocycles. The molecule has 2 aromatic rings. The standard InChI is InChI=1S/C22H26N2O5S/c1-17-9-11-19(12-10-17)30(28,29)24-15-14-23(22(27)20(24)16-21(25)26)13-5-8-18-6-3-2-4-7-18/h2-4,6-7,9-12,20H,5,8,13-16H2,1H3,(H,25,26). The highest BCUT2D eigenvalue weighted by molar-refractivity contribution is 7.89. The second-order valence-electron chi connectivity index (χ2n) is 7.46. The van der Waals surface area contributed by atoms with Crippen LogP contribution in [-0.2, 0) is 26.0 Å². The molecule has 0 saturated carbocycles. The average Bonchev–Trinajstić information content (AvgIpc) is 2.71. The monoisotopic (exact) mass is 430 g/mol. The molecule has 1 atom stereocenters. The van der Waals surface area contributed by atoms with Crippen molar-refractivity contribution in [3.05, 3.63) is 65.7 Å². The molecule has 1 fully saturated rings. The molecule has 1 aliphatic rings. The number of nitrogens with zero attached hydrogens (tertiary/aromatic N) is 2. The van der Waals surface area contributed by atoms with E-state index in [2.05, 4.69) is 0 Å². The Kier molecular flexibility index (Phi) is 6.89. The van der Waals surface area contributed by atoms with Crippen molar-refractivity contribution >= 4 is 21.9 Å². The first kappa shape index (κ1) is 22.0. The van der Waals surface area contributed by atoms with Crippen LogP contribution in [0.15, 0.2) is 59.5 Å². The van der Waals surface area contributed by atoms with Crippen LogP contribution >= 0.6 is 0 Å². The van der Waals surface area contributed by atoms with Crippen molar-refractivity contribution in [2.45, 2.75) is 37.1 Å². The number of hydrogen-bond donors (Lipinski definition) is 1. The fraction of sp³-hybridized carbons (Fsp3) is 0.364. The van der Waals surface area contributed by atoms with Crippen LogP contribution in [0, 0.1) is 6.92 Å². The molecule has 3 rings (SSSR count). The Balaban J connectivity index is 1.74. The van der Waals surface area contributed by atoms with Gasteiger partial charge in [-0.05, 0) is 37.5 Å². The predicted molar refractivity (Wildman–Crippen MR) is 112 cm³/mol. The van der Waals surface area contributed by atoms with Gasteiger partial charge in [-0.3, -0.25) is 9.59 Å². The molecule has 1 amide bonds. The molecule has 1 aliphatic heterocycles. The molecule has 160 valence electrons. The number of hydrogen-bond acceptors (Lipinski definition) is 4. The number of carbonyl (C=O) groups is 2. The van der Waals surface area contributed by atoms with Gasteiger partial charge in [-0.1, -0.05) is 48.0 Å². The van der Waals surface area contributed by atoms with Crippen LogP contribution in [0.2, 0.25) is 0 Å². The van der Waals surface area contributed by atoms with Crippen LogP contribution < -0.4 is 0 Å². The molecular formula is C22H26N2O5S. The van der Waals surface area contributed by atoms with E-state index in [1.807, 2.05) is 37.3 Å². The highest BCUT2D eigenvalue weighted by Gasteiger charge is 2.42. The lowest BCUT2D eigenvalue weighted by atomic mass is 10.1. The Morgan fingerprint density at radius 2 is 1.73 bits per heavy atom. The zero-order valence-corrected chi connectivity index (χ0v) is 17.7. The first-order chi connectivity index (χ1) is 14.3. The Morgan fingerprint density at radius 1 is 1.07 bits per heavy atom. The summed E-state index contributed by atoms with van der Waals surface area (Å²) in [5.74, 6) is -1.66. The summed E-state index contributed by atoms with van der Waals surface area (Å²) in [6.07, 6.45) is 0.957. The van der Waals surface area contributed by atoms with Crippen molar-refractivity contribution in [3.8, 4) is 0 Å². The zero-order chi connectivity index (χ0) is 21.7. The number of rotatable bonds is 8. The number of carbonyl (C=O) groups excluding carboxylic acids is 1. The molecule has 1 saturated heterocycles. The van der Waals surface area contributed by atoms with Crippen LogP contribution in [0.1, 0.15) is 24.0 Å². The zero-order valence-electron chi connectivity index (χ0n) is 16.9. The number of piperazine rings is 1. The van der Waals surface area contributed by atoms with Crippen molar-refractivity contribution in [1.82, 2.24) is 9.21 Å². The van der Waals surface area contributed by atoms with E-state index in [1.165, 1.54) is 12.1 Å². The molecule has 0 radical (unpaired) electrons. The number of aryl methyl sites for hydroxylation is 2. The van der Waals surface area contributed by atoms with Crippen molar-refractivity contribution in [2.24, 2.45) is 0 Å². The van der Waals surface area contributed by atoms with E-state index in [9.17, 15) is 23.1 Å². The number of aliphatic carboxylic acids is 1. The van der Waals surface area contributed by atoms with E-state index in [1.54, 1.807) is 17.0 Å². The maximum Gasteiger partial charge on any atom is 0.305 e. The van der Waals surface area contributed by atoms with E-state index >= 15 is 0 Å². The maximum absolute atomic E-state index is 13.1. The van der Waals surface area contributed by atoms with Gasteiger partial charge in [-0.25, -0.2) is 8.42 Å². The second-order valence-corrected chi connectivity index (χ2v) is 9.35. The van der Waals surface area contributed by atoms with Crippen LogP contribution in [0.4, 0.5) is 0 Å². The predicted octanol–water partition coefficient (Wildman–Crippen LogP) is 2.30. The van der Waals surface area contributed by atoms with E-state index < -0.39 is 34.4 Å². The van der Waals surface area contributed by atoms with E-state index in [0.29, 0.717) is 6.54 Å². The highest BCUT2D eigenvalue weighted by atomic mass is 32.2. The van der Waals surface area contributed by atoms with Crippen LogP contribution in [0.5, 0.6) is 0 Å². The van der Waals surface area contributed by atoms with Gasteiger partial charge in [0.25, 0.3) is 0 Å². The minimum absolute atomic E-state index is 0.0637. The minimum atomic E-state index is -3.97. The molecule has 0 bridgehead atoms. The van der Waals surface area contributed by atoms with Gasteiger partial charge in [-0.15, -0.1) is 0 Å². The second kappa shape index (κ2) is 9.40. The number of amides is 1. The molecule has 1 heterocycles. The van der Waals surface area contributed by atoms with Gasteiger partial charge in [0.15, 0.2) is 0 Å². The first-order valence-electron chi connectivity index (χ1n) is 9.92. The molecule has 0 spiro atoms. The summed E-state index contributed by atoms with van der Waals surface area (Å²) in [6.45, 7) is 2.63. The van der Waals surface area contributed by atoms with Gasteiger partial charge in [0.05, 0.1) is 11.3 Å². The van der Waals surface area contributed by atoms with Crippen molar-refractivity contribution in [1.29, 1.82) is 0 Å². The molecular weight excluding hydrogens is 404 g/mol. The molecule has 7 nitrogen and oxygen atoms in total. The van der Waals surface area contributed by atoms with E-state index in [0.717, 1.165) is 28.3 Å². The van der Waals surface area contributed by atoms with Crippen LogP contribution in [0.3, 0.4) is 0 Å². The van der Waals surface area contributed by atoms with Gasteiger partial charge in [0.1, 0.15) is 6.04 Å². The Labute approximate surface area is 177 Å². The summed E-state index contributed by atoms with van der Waals surface area (Å²) >= 11 is 0. The highest BCUT2D eigenvalue weighted by Crippen LogP contribution is 2.24. The summed E-state index contributed by atoms with van der Waals surface area (Å²) < 4.78 is 27.3. The third kappa shape index (κ3) is 5.06. The summed E-state index contributed by atoms with van der Waals surface area (Å²) in [5.41, 5.74) is 2.07. The largest absolute Gasteiger partial charge is 0.481 e.